The molecule has 0 saturated carbocycles. The third kappa shape index (κ3) is 3.75. The Labute approximate surface area is 131 Å². The molecule has 1 heterocycles. The number of benzene rings is 2. The highest BCUT2D eigenvalue weighted by molar-refractivity contribution is 5.79. The van der Waals surface area contributed by atoms with Crippen molar-refractivity contribution in [1.82, 2.24) is 4.90 Å². The summed E-state index contributed by atoms with van der Waals surface area (Å²) in [6.45, 7) is 2.10. The van der Waals surface area contributed by atoms with Crippen LogP contribution in [0.25, 0.3) is 5.57 Å². The standard InChI is InChI=1S/C19H21NO2/c1-20(15-19-21-12-13-22-19)14-18(16-8-4-2-5-9-16)17-10-6-3-7-11-17/h2-11,14,19H,12-13,15H2,1H3. The predicted molar refractivity (Wildman–Crippen MR) is 88.3 cm³/mol. The molecule has 0 atom stereocenters. The Hall–Kier alpha value is -2.10. The third-order valence-electron chi connectivity index (χ3n) is 3.65. The summed E-state index contributed by atoms with van der Waals surface area (Å²) in [6.07, 6.45) is 2.03. The highest BCUT2D eigenvalue weighted by Gasteiger charge is 2.17. The van der Waals surface area contributed by atoms with Gasteiger partial charge < -0.3 is 14.4 Å². The molecule has 2 aromatic carbocycles. The molecule has 0 spiro atoms. The zero-order valence-corrected chi connectivity index (χ0v) is 12.8. The van der Waals surface area contributed by atoms with E-state index in [0.29, 0.717) is 13.2 Å². The van der Waals surface area contributed by atoms with Crippen molar-refractivity contribution < 1.29 is 9.47 Å². The SMILES string of the molecule is CN(C=C(c1ccccc1)c1ccccc1)CC1OCCO1. The minimum atomic E-state index is -0.131. The van der Waals surface area contributed by atoms with Gasteiger partial charge in [-0.25, -0.2) is 0 Å². The Balaban J connectivity index is 1.86. The molecular formula is C19H21NO2. The molecule has 22 heavy (non-hydrogen) atoms. The van der Waals surface area contributed by atoms with Gasteiger partial charge in [-0.05, 0) is 11.1 Å². The van der Waals surface area contributed by atoms with Crippen molar-refractivity contribution in [3.05, 3.63) is 78.0 Å². The van der Waals surface area contributed by atoms with E-state index in [4.69, 9.17) is 9.47 Å². The maximum absolute atomic E-state index is 5.52. The van der Waals surface area contributed by atoms with E-state index in [9.17, 15) is 0 Å². The van der Waals surface area contributed by atoms with Crippen LogP contribution < -0.4 is 0 Å². The summed E-state index contributed by atoms with van der Waals surface area (Å²) in [5.41, 5.74) is 3.60. The van der Waals surface area contributed by atoms with Gasteiger partial charge in [0.15, 0.2) is 6.29 Å². The molecule has 1 aliphatic heterocycles. The van der Waals surface area contributed by atoms with Gasteiger partial charge in [0.2, 0.25) is 0 Å². The number of ether oxygens (including phenoxy) is 2. The second-order valence-electron chi connectivity index (χ2n) is 5.39. The van der Waals surface area contributed by atoms with E-state index < -0.39 is 0 Å². The molecule has 0 amide bonds. The third-order valence-corrected chi connectivity index (χ3v) is 3.65. The van der Waals surface area contributed by atoms with Crippen LogP contribution in [0.2, 0.25) is 0 Å². The van der Waals surface area contributed by atoms with Crippen molar-refractivity contribution in [2.24, 2.45) is 0 Å². The monoisotopic (exact) mass is 295 g/mol. The first-order valence-corrected chi connectivity index (χ1v) is 7.59. The number of nitrogens with zero attached hydrogens (tertiary/aromatic N) is 1. The summed E-state index contributed by atoms with van der Waals surface area (Å²) in [4.78, 5) is 2.13. The minimum Gasteiger partial charge on any atom is -0.375 e. The Morgan fingerprint density at radius 2 is 1.45 bits per heavy atom. The molecule has 0 bridgehead atoms. The summed E-state index contributed by atoms with van der Waals surface area (Å²) < 4.78 is 11.0. The maximum Gasteiger partial charge on any atom is 0.175 e. The normalized spacial score (nSPS) is 14.8. The smallest absolute Gasteiger partial charge is 0.175 e. The van der Waals surface area contributed by atoms with E-state index in [2.05, 4.69) is 66.7 Å². The summed E-state index contributed by atoms with van der Waals surface area (Å²) in [6, 6.07) is 20.9. The van der Waals surface area contributed by atoms with Crippen LogP contribution in [0.15, 0.2) is 66.9 Å². The van der Waals surface area contributed by atoms with Gasteiger partial charge in [-0.2, -0.15) is 0 Å². The zero-order valence-electron chi connectivity index (χ0n) is 12.8. The van der Waals surface area contributed by atoms with Crippen LogP contribution in [0.1, 0.15) is 11.1 Å². The lowest BCUT2D eigenvalue weighted by Gasteiger charge is -2.20. The number of likely N-dealkylation sites (N-methyl/N-ethyl adjacent to an activating group) is 1. The molecule has 1 aliphatic rings. The number of rotatable bonds is 5. The molecule has 1 saturated heterocycles. The van der Waals surface area contributed by atoms with E-state index in [1.165, 1.54) is 16.7 Å². The first kappa shape index (κ1) is 14.8. The van der Waals surface area contributed by atoms with Crippen LogP contribution in [0.5, 0.6) is 0 Å². The van der Waals surface area contributed by atoms with E-state index in [0.717, 1.165) is 6.54 Å². The summed E-state index contributed by atoms with van der Waals surface area (Å²) in [7, 11) is 2.05. The molecule has 3 nitrogen and oxygen atoms in total. The zero-order chi connectivity index (χ0) is 15.2. The Morgan fingerprint density at radius 1 is 0.955 bits per heavy atom. The van der Waals surface area contributed by atoms with Gasteiger partial charge in [0.05, 0.1) is 19.8 Å². The first-order valence-electron chi connectivity index (χ1n) is 7.59. The summed E-state index contributed by atoms with van der Waals surface area (Å²) in [5, 5.41) is 0. The lowest BCUT2D eigenvalue weighted by molar-refractivity contribution is -0.0521. The van der Waals surface area contributed by atoms with Crippen LogP contribution >= 0.6 is 0 Å². The van der Waals surface area contributed by atoms with Crippen molar-refractivity contribution in [2.75, 3.05) is 26.8 Å². The van der Waals surface area contributed by atoms with Gasteiger partial charge >= 0.3 is 0 Å². The fourth-order valence-corrected chi connectivity index (χ4v) is 2.57. The summed E-state index contributed by atoms with van der Waals surface area (Å²) in [5.74, 6) is 0. The van der Waals surface area contributed by atoms with Crippen molar-refractivity contribution in [1.29, 1.82) is 0 Å². The molecule has 0 aliphatic carbocycles. The van der Waals surface area contributed by atoms with Crippen molar-refractivity contribution in [3.8, 4) is 0 Å². The molecular weight excluding hydrogens is 274 g/mol. The van der Waals surface area contributed by atoms with E-state index >= 15 is 0 Å². The second-order valence-corrected chi connectivity index (χ2v) is 5.39. The molecule has 2 aromatic rings. The lowest BCUT2D eigenvalue weighted by atomic mass is 9.99. The van der Waals surface area contributed by atoms with Gasteiger partial charge in [-0.1, -0.05) is 60.7 Å². The largest absolute Gasteiger partial charge is 0.375 e. The highest BCUT2D eigenvalue weighted by atomic mass is 16.7. The van der Waals surface area contributed by atoms with Crippen LogP contribution in [-0.2, 0) is 9.47 Å². The fraction of sp³-hybridized carbons (Fsp3) is 0.263. The fourth-order valence-electron chi connectivity index (χ4n) is 2.57. The van der Waals surface area contributed by atoms with E-state index in [1.54, 1.807) is 0 Å². The Morgan fingerprint density at radius 3 is 1.95 bits per heavy atom. The molecule has 0 N–H and O–H groups in total. The number of hydrogen-bond acceptors (Lipinski definition) is 3. The molecule has 0 aromatic heterocycles. The Kier molecular flexibility index (Phi) is 4.88. The van der Waals surface area contributed by atoms with Gasteiger partial charge in [0, 0.05) is 18.8 Å². The van der Waals surface area contributed by atoms with E-state index in [1.807, 2.05) is 12.1 Å². The molecule has 3 rings (SSSR count). The van der Waals surface area contributed by atoms with Gasteiger partial charge in [-0.3, -0.25) is 0 Å². The molecule has 114 valence electrons. The quantitative estimate of drug-likeness (QED) is 0.844. The van der Waals surface area contributed by atoms with E-state index in [-0.39, 0.29) is 6.29 Å². The van der Waals surface area contributed by atoms with Crippen LogP contribution in [0, 0.1) is 0 Å². The topological polar surface area (TPSA) is 21.7 Å². The molecule has 1 fully saturated rings. The molecule has 3 heteroatoms. The van der Waals surface area contributed by atoms with Crippen molar-refractivity contribution in [3.63, 3.8) is 0 Å². The van der Waals surface area contributed by atoms with Crippen LogP contribution in [0.3, 0.4) is 0 Å². The minimum absolute atomic E-state index is 0.131. The molecule has 0 unspecified atom stereocenters. The average Bonchev–Trinajstić information content (AvgIpc) is 3.07. The lowest BCUT2D eigenvalue weighted by Crippen LogP contribution is -2.26. The number of hydrogen-bond donors (Lipinski definition) is 0. The van der Waals surface area contributed by atoms with Gasteiger partial charge in [0.1, 0.15) is 0 Å². The van der Waals surface area contributed by atoms with Crippen molar-refractivity contribution >= 4 is 5.57 Å². The van der Waals surface area contributed by atoms with Gasteiger partial charge in [0.25, 0.3) is 0 Å². The molecule has 0 radical (unpaired) electrons. The highest BCUT2D eigenvalue weighted by Crippen LogP contribution is 2.23. The van der Waals surface area contributed by atoms with Gasteiger partial charge in [-0.15, -0.1) is 0 Å². The predicted octanol–water partition coefficient (Wildman–Crippen LogP) is 3.38. The summed E-state index contributed by atoms with van der Waals surface area (Å²) >= 11 is 0. The second kappa shape index (κ2) is 7.25. The average molecular weight is 295 g/mol. The van der Waals surface area contributed by atoms with Crippen molar-refractivity contribution in [2.45, 2.75) is 6.29 Å². The van der Waals surface area contributed by atoms with Crippen LogP contribution in [0.4, 0.5) is 0 Å². The Bertz CT molecular complexity index is 562. The first-order chi connectivity index (χ1) is 10.8. The van der Waals surface area contributed by atoms with Crippen LogP contribution in [-0.4, -0.2) is 38.0 Å². The maximum atomic E-state index is 5.52.